The number of primary amides is 1. The second kappa shape index (κ2) is 8.42. The van der Waals surface area contributed by atoms with Crippen molar-refractivity contribution in [2.75, 3.05) is 26.2 Å². The molecular formula is C23H31N6O2+. The van der Waals surface area contributed by atoms with E-state index in [4.69, 9.17) is 5.73 Å². The molecule has 2 bridgehead atoms. The van der Waals surface area contributed by atoms with Crippen molar-refractivity contribution in [1.82, 2.24) is 19.9 Å². The first-order valence-corrected chi connectivity index (χ1v) is 11.5. The number of nitrogens with two attached hydrogens (primary N) is 1. The van der Waals surface area contributed by atoms with Crippen LogP contribution in [-0.2, 0) is 16.1 Å². The molecule has 1 aromatic heterocycles. The van der Waals surface area contributed by atoms with Crippen molar-refractivity contribution >= 4 is 11.8 Å². The summed E-state index contributed by atoms with van der Waals surface area (Å²) in [5.41, 5.74) is 7.42. The van der Waals surface area contributed by atoms with Crippen molar-refractivity contribution in [2.24, 2.45) is 23.5 Å². The van der Waals surface area contributed by atoms with Gasteiger partial charge in [0.1, 0.15) is 11.7 Å². The van der Waals surface area contributed by atoms with Crippen LogP contribution in [0.3, 0.4) is 0 Å². The van der Waals surface area contributed by atoms with E-state index in [2.05, 4.69) is 10.3 Å². The van der Waals surface area contributed by atoms with Gasteiger partial charge in [-0.15, -0.1) is 5.10 Å². The molecule has 6 rings (SSSR count). The minimum atomic E-state index is -0.231. The molecule has 0 radical (unpaired) electrons. The fraction of sp³-hybridized carbons (Fsp3) is 0.565. The van der Waals surface area contributed by atoms with Gasteiger partial charge in [0.25, 0.3) is 0 Å². The Morgan fingerprint density at radius 3 is 2.58 bits per heavy atom. The summed E-state index contributed by atoms with van der Waals surface area (Å²) in [7, 11) is 0. The van der Waals surface area contributed by atoms with Gasteiger partial charge in [-0.05, 0) is 18.8 Å². The summed E-state index contributed by atoms with van der Waals surface area (Å²) in [6.07, 6.45) is 5.61. The third-order valence-corrected chi connectivity index (χ3v) is 7.59. The van der Waals surface area contributed by atoms with Crippen LogP contribution in [0.25, 0.3) is 11.3 Å². The Hall–Kier alpha value is -2.74. The number of fused-ring (bicyclic) bond motifs is 3. The smallest absolute Gasteiger partial charge is 0.231 e. The number of hydrogen-bond acceptors (Lipinski definition) is 4. The molecule has 0 aliphatic carbocycles. The number of carbonyl (C=O) groups excluding carboxylic acids is 2. The summed E-state index contributed by atoms with van der Waals surface area (Å²) in [6.45, 7) is 4.20. The third-order valence-electron chi connectivity index (χ3n) is 7.59. The number of carbonyl (C=O) groups is 2. The summed E-state index contributed by atoms with van der Waals surface area (Å²) >= 11 is 0. The van der Waals surface area contributed by atoms with Crippen molar-refractivity contribution in [2.45, 2.75) is 38.3 Å². The Kier molecular flexibility index (Phi) is 5.48. The van der Waals surface area contributed by atoms with Crippen LogP contribution in [0.2, 0.25) is 0 Å². The predicted molar refractivity (Wildman–Crippen MR) is 115 cm³/mol. The predicted octanol–water partition coefficient (Wildman–Crippen LogP) is -0.0377. The molecule has 0 spiro atoms. The van der Waals surface area contributed by atoms with Crippen LogP contribution >= 0.6 is 0 Å². The largest absolute Gasteiger partial charge is 0.369 e. The van der Waals surface area contributed by atoms with Gasteiger partial charge in [0, 0.05) is 37.4 Å². The van der Waals surface area contributed by atoms with Crippen LogP contribution in [0.15, 0.2) is 36.5 Å². The van der Waals surface area contributed by atoms with Crippen molar-refractivity contribution in [1.29, 1.82) is 0 Å². The van der Waals surface area contributed by atoms with Gasteiger partial charge in [0.05, 0.1) is 31.7 Å². The first kappa shape index (κ1) is 20.2. The lowest BCUT2D eigenvalue weighted by molar-refractivity contribution is -0.945. The van der Waals surface area contributed by atoms with Gasteiger partial charge >= 0.3 is 0 Å². The molecule has 2 amide bonds. The van der Waals surface area contributed by atoms with Crippen LogP contribution in [0, 0.1) is 17.8 Å². The number of benzene rings is 1. The lowest BCUT2D eigenvalue weighted by Crippen LogP contribution is -3.20. The molecule has 1 aromatic carbocycles. The molecule has 4 saturated heterocycles. The molecule has 4 aliphatic heterocycles. The number of quaternary nitrogens is 1. The lowest BCUT2D eigenvalue weighted by Gasteiger charge is -2.47. The highest BCUT2D eigenvalue weighted by Gasteiger charge is 2.48. The number of rotatable bonds is 5. The van der Waals surface area contributed by atoms with Crippen LogP contribution in [0.4, 0.5) is 0 Å². The number of piperidine rings is 4. The molecule has 3 N–H and O–H groups in total. The molecule has 4 aliphatic rings. The van der Waals surface area contributed by atoms with Gasteiger partial charge in [-0.2, -0.15) is 0 Å². The van der Waals surface area contributed by atoms with E-state index in [0.29, 0.717) is 37.9 Å². The zero-order valence-corrected chi connectivity index (χ0v) is 17.8. The highest BCUT2D eigenvalue weighted by Crippen LogP contribution is 2.30. The summed E-state index contributed by atoms with van der Waals surface area (Å²) in [5, 5.41) is 8.71. The molecule has 31 heavy (non-hydrogen) atoms. The van der Waals surface area contributed by atoms with E-state index in [1.165, 1.54) is 4.90 Å². The van der Waals surface area contributed by atoms with Crippen molar-refractivity contribution in [3.05, 3.63) is 36.5 Å². The lowest BCUT2D eigenvalue weighted by atomic mass is 9.74. The minimum absolute atomic E-state index is 0.0749. The number of amides is 2. The Morgan fingerprint density at radius 1 is 1.13 bits per heavy atom. The minimum Gasteiger partial charge on any atom is -0.369 e. The quantitative estimate of drug-likeness (QED) is 0.705. The fourth-order valence-electron chi connectivity index (χ4n) is 5.77. The molecule has 8 nitrogen and oxygen atoms in total. The van der Waals surface area contributed by atoms with Gasteiger partial charge in [0.15, 0.2) is 0 Å². The average molecular weight is 424 g/mol. The van der Waals surface area contributed by atoms with Crippen LogP contribution < -0.4 is 10.6 Å². The summed E-state index contributed by atoms with van der Waals surface area (Å²) in [5.74, 6) is 0.539. The topological polar surface area (TPSA) is 98.6 Å². The zero-order valence-electron chi connectivity index (χ0n) is 17.8. The van der Waals surface area contributed by atoms with E-state index < -0.39 is 0 Å². The van der Waals surface area contributed by atoms with Gasteiger partial charge in [-0.1, -0.05) is 35.5 Å². The van der Waals surface area contributed by atoms with Crippen LogP contribution in [0.1, 0.15) is 25.7 Å². The normalized spacial score (nSPS) is 28.6. The monoisotopic (exact) mass is 423 g/mol. The summed E-state index contributed by atoms with van der Waals surface area (Å²) in [6, 6.07) is 10.6. The molecule has 4 atom stereocenters. The highest BCUT2D eigenvalue weighted by molar-refractivity contribution is 5.80. The molecule has 164 valence electrons. The Bertz CT molecular complexity index is 937. The van der Waals surface area contributed by atoms with E-state index in [0.717, 1.165) is 43.7 Å². The first-order valence-electron chi connectivity index (χ1n) is 11.5. The fourth-order valence-corrected chi connectivity index (χ4v) is 5.77. The SMILES string of the molecule is NC(=O)C1CCN(C(=O)[C@H]2C[NH+]3CC[C@H]2C[C@@H]3Cn2cc(-c3ccccc3)nn2)CC1. The maximum absolute atomic E-state index is 13.2. The first-order chi connectivity index (χ1) is 15.1. The summed E-state index contributed by atoms with van der Waals surface area (Å²) in [4.78, 5) is 28.1. The van der Waals surface area contributed by atoms with Crippen molar-refractivity contribution in [3.8, 4) is 11.3 Å². The van der Waals surface area contributed by atoms with E-state index >= 15 is 0 Å². The van der Waals surface area contributed by atoms with Gasteiger partial charge < -0.3 is 15.5 Å². The number of aromatic nitrogens is 3. The van der Waals surface area contributed by atoms with E-state index in [9.17, 15) is 9.59 Å². The number of likely N-dealkylation sites (tertiary alicyclic amines) is 1. The third kappa shape index (κ3) is 4.08. The second-order valence-electron chi connectivity index (χ2n) is 9.39. The van der Waals surface area contributed by atoms with E-state index in [1.807, 2.05) is 46.1 Å². The molecule has 4 fully saturated rings. The van der Waals surface area contributed by atoms with Crippen LogP contribution in [0.5, 0.6) is 0 Å². The van der Waals surface area contributed by atoms with Crippen molar-refractivity contribution in [3.63, 3.8) is 0 Å². The molecular weight excluding hydrogens is 392 g/mol. The Labute approximate surface area is 182 Å². The van der Waals surface area contributed by atoms with Crippen LogP contribution in [-0.4, -0.2) is 63.9 Å². The van der Waals surface area contributed by atoms with E-state index in [-0.39, 0.29) is 23.7 Å². The zero-order chi connectivity index (χ0) is 21.4. The van der Waals surface area contributed by atoms with Gasteiger partial charge in [-0.25, -0.2) is 4.68 Å². The highest BCUT2D eigenvalue weighted by atomic mass is 16.2. The number of nitrogens with one attached hydrogen (secondary N) is 1. The Balaban J connectivity index is 1.19. The van der Waals surface area contributed by atoms with E-state index in [1.54, 1.807) is 0 Å². The molecule has 2 aromatic rings. The molecule has 5 heterocycles. The summed E-state index contributed by atoms with van der Waals surface area (Å²) < 4.78 is 1.96. The standard InChI is InChI=1S/C23H30N6O2/c24-22(30)17-6-9-27(10-7-17)23(31)20-14-28-11-8-18(20)12-19(28)13-29-15-21(25-26-29)16-4-2-1-3-5-16/h1-5,15,17-20H,6-14H2,(H2,24,30)/p+1/t18-,19+,20-/m0/s1. The maximum Gasteiger partial charge on any atom is 0.231 e. The molecule has 0 saturated carbocycles. The van der Waals surface area contributed by atoms with Gasteiger partial charge in [0.2, 0.25) is 11.8 Å². The average Bonchev–Trinajstić information content (AvgIpc) is 3.28. The number of nitrogens with zero attached hydrogens (tertiary/aromatic N) is 4. The Morgan fingerprint density at radius 2 is 1.90 bits per heavy atom. The van der Waals surface area contributed by atoms with Crippen molar-refractivity contribution < 1.29 is 14.5 Å². The van der Waals surface area contributed by atoms with Gasteiger partial charge in [-0.3, -0.25) is 9.59 Å². The molecule has 1 unspecified atom stereocenters. The molecule has 8 heteroatoms. The maximum atomic E-state index is 13.2. The second-order valence-corrected chi connectivity index (χ2v) is 9.39. The number of hydrogen-bond donors (Lipinski definition) is 2.